The predicted molar refractivity (Wildman–Crippen MR) is 202 cm³/mol. The lowest BCUT2D eigenvalue weighted by atomic mass is 10.0. The van der Waals surface area contributed by atoms with Crippen molar-refractivity contribution < 1.29 is 39.6 Å². The maximum Gasteiger partial charge on any atom is 0.522 e. The molecule has 8 nitrogen and oxygen atoms in total. The van der Waals surface area contributed by atoms with Gasteiger partial charge in [0.05, 0.1) is 32.3 Å². The molecule has 2 heterocycles. The summed E-state index contributed by atoms with van der Waals surface area (Å²) >= 11 is 24.6. The molecule has 0 unspecified atom stereocenters. The van der Waals surface area contributed by atoms with Crippen LogP contribution in [0.25, 0.3) is 33.7 Å². The van der Waals surface area contributed by atoms with Crippen molar-refractivity contribution in [3.63, 3.8) is 0 Å². The van der Waals surface area contributed by atoms with Crippen molar-refractivity contribution in [3.05, 3.63) is 92.3 Å². The largest absolute Gasteiger partial charge is 0.522 e. The van der Waals surface area contributed by atoms with E-state index in [0.717, 1.165) is 17.6 Å². The summed E-state index contributed by atoms with van der Waals surface area (Å²) in [6.07, 6.45) is 0.780. The maximum atomic E-state index is 12.1. The highest BCUT2D eigenvalue weighted by atomic mass is 35.5. The summed E-state index contributed by atoms with van der Waals surface area (Å²) in [7, 11) is -8.43. The van der Waals surface area contributed by atoms with E-state index in [2.05, 4.69) is 27.3 Å². The molecule has 0 aliphatic rings. The molecule has 0 saturated heterocycles. The fraction of sp³-hybridized carbons (Fsp3) is 0.353. The minimum atomic E-state index is -5.48. The van der Waals surface area contributed by atoms with E-state index in [-0.39, 0.29) is 6.61 Å². The summed E-state index contributed by atoms with van der Waals surface area (Å²) in [5.74, 6) is 1.17. The molecule has 0 spiro atoms. The van der Waals surface area contributed by atoms with E-state index < -0.39 is 29.0 Å². The first-order chi connectivity index (χ1) is 23.3. The first kappa shape index (κ1) is 44.5. The summed E-state index contributed by atoms with van der Waals surface area (Å²) in [6, 6.07) is 10.5. The molecule has 2 aromatic heterocycles. The van der Waals surface area contributed by atoms with Gasteiger partial charge in [0.1, 0.15) is 11.4 Å². The highest BCUT2D eigenvalue weighted by molar-refractivity contribution is 7.88. The lowest BCUT2D eigenvalue weighted by Crippen LogP contribution is -2.45. The Morgan fingerprint density at radius 2 is 1.18 bits per heavy atom. The average molecular weight is 831 g/mol. The van der Waals surface area contributed by atoms with Crippen molar-refractivity contribution in [3.8, 4) is 22.5 Å². The minimum Gasteiger partial charge on any atom is -0.391 e. The van der Waals surface area contributed by atoms with Crippen LogP contribution >= 0.6 is 46.4 Å². The van der Waals surface area contributed by atoms with E-state index in [9.17, 15) is 26.7 Å². The Morgan fingerprint density at radius 3 is 1.47 bits per heavy atom. The van der Waals surface area contributed by atoms with Crippen LogP contribution in [0.4, 0.5) is 13.2 Å². The van der Waals surface area contributed by atoms with Gasteiger partial charge in [0.25, 0.3) is 0 Å². The third kappa shape index (κ3) is 10.7. The number of alkyl halides is 3. The highest BCUT2D eigenvalue weighted by Gasteiger charge is 2.53. The van der Waals surface area contributed by atoms with E-state index in [0.29, 0.717) is 65.3 Å². The number of nitrogens with zero attached hydrogens (tertiary/aromatic N) is 2. The molecule has 4 rings (SSSR count). The van der Waals surface area contributed by atoms with Gasteiger partial charge in [-0.2, -0.15) is 21.6 Å². The Balaban J connectivity index is 0.000000267. The number of hydrogen-bond donors (Lipinski definition) is 1. The molecule has 0 fully saturated rings. The molecule has 0 saturated carbocycles. The van der Waals surface area contributed by atoms with E-state index in [1.54, 1.807) is 64.1 Å². The lowest BCUT2D eigenvalue weighted by molar-refractivity contribution is -0.0504. The number of rotatable bonds is 8. The Bertz CT molecular complexity index is 1840. The number of benzene rings is 2. The second kappa shape index (κ2) is 17.5. The SMILES string of the molecule is C=C(C)c1onc(-c2c(Cl)cccc2Cl)c1CC.C=C(C)c1onc(-c2c(Cl)cccc2Cl)c1CO.CC(C)(C)[Si](C)(C)OS(=O)(=O)C(F)(F)F. The summed E-state index contributed by atoms with van der Waals surface area (Å²) in [4.78, 5) is 0. The van der Waals surface area contributed by atoms with Gasteiger partial charge in [0.15, 0.2) is 11.5 Å². The molecular weight excluding hydrogens is 791 g/mol. The topological polar surface area (TPSA) is 116 Å². The van der Waals surface area contributed by atoms with Gasteiger partial charge in [-0.05, 0) is 73.8 Å². The smallest absolute Gasteiger partial charge is 0.391 e. The molecule has 280 valence electrons. The van der Waals surface area contributed by atoms with Gasteiger partial charge < -0.3 is 18.0 Å². The standard InChI is InChI=1S/C14H13Cl2NO.C13H11Cl2NO2.C7H15F3O3SSi/c1-4-9-13(17-18-14(9)8(2)3)12-10(15)6-5-7-11(12)16;1-7(2)13-8(6-17)12(16-18-13)11-9(14)4-3-5-10(11)15;1-6(2,3)15(4,5)13-14(11,12)7(8,9)10/h5-7H,2,4H2,1,3H3;3-5,17H,1,6H2,2H3;1-5H3. The van der Waals surface area contributed by atoms with Crippen LogP contribution in [-0.2, 0) is 27.0 Å². The Hall–Kier alpha value is -2.62. The van der Waals surface area contributed by atoms with Crippen LogP contribution in [0.15, 0.2) is 58.6 Å². The lowest BCUT2D eigenvalue weighted by Gasteiger charge is -2.35. The van der Waals surface area contributed by atoms with Gasteiger partial charge >= 0.3 is 15.6 Å². The van der Waals surface area contributed by atoms with E-state index in [1.165, 1.54) is 13.1 Å². The molecule has 0 radical (unpaired) electrons. The number of hydrogen-bond acceptors (Lipinski definition) is 8. The first-order valence-electron chi connectivity index (χ1n) is 15.1. The zero-order valence-corrected chi connectivity index (χ0v) is 34.1. The summed E-state index contributed by atoms with van der Waals surface area (Å²) in [5.41, 5.74) is 0.125. The fourth-order valence-electron chi connectivity index (χ4n) is 4.05. The quantitative estimate of drug-likeness (QED) is 0.138. The molecule has 51 heavy (non-hydrogen) atoms. The molecule has 0 bridgehead atoms. The number of allylic oxidation sites excluding steroid dienone is 2. The summed E-state index contributed by atoms with van der Waals surface area (Å²) in [6.45, 7) is 21.0. The van der Waals surface area contributed by atoms with E-state index in [1.807, 2.05) is 13.8 Å². The van der Waals surface area contributed by atoms with Gasteiger partial charge in [0, 0.05) is 16.7 Å². The number of aromatic nitrogens is 2. The molecule has 17 heteroatoms. The van der Waals surface area contributed by atoms with Crippen molar-refractivity contribution in [1.82, 2.24) is 10.3 Å². The Morgan fingerprint density at radius 1 is 0.824 bits per heavy atom. The molecule has 0 amide bonds. The zero-order valence-electron chi connectivity index (χ0n) is 29.2. The third-order valence-electron chi connectivity index (χ3n) is 7.67. The van der Waals surface area contributed by atoms with Crippen molar-refractivity contribution in [2.45, 2.75) is 78.2 Å². The average Bonchev–Trinajstić information content (AvgIpc) is 3.61. The summed E-state index contributed by atoms with van der Waals surface area (Å²) < 4.78 is 72.7. The predicted octanol–water partition coefficient (Wildman–Crippen LogP) is 12.3. The number of halogens is 7. The van der Waals surface area contributed by atoms with Crippen LogP contribution in [0.5, 0.6) is 0 Å². The molecule has 2 aromatic carbocycles. The van der Waals surface area contributed by atoms with Gasteiger partial charge in [-0.1, -0.05) is 110 Å². The zero-order chi connectivity index (χ0) is 39.3. The van der Waals surface area contributed by atoms with Crippen LogP contribution < -0.4 is 0 Å². The monoisotopic (exact) mass is 828 g/mol. The molecule has 0 atom stereocenters. The Labute approximate surface area is 317 Å². The van der Waals surface area contributed by atoms with Crippen LogP contribution in [0.1, 0.15) is 64.2 Å². The molecule has 4 aromatic rings. The van der Waals surface area contributed by atoms with Crippen LogP contribution in [0.2, 0.25) is 38.2 Å². The molecule has 1 N–H and O–H groups in total. The maximum absolute atomic E-state index is 12.1. The molecule has 0 aliphatic heterocycles. The minimum absolute atomic E-state index is 0.220. The first-order valence-corrected chi connectivity index (χ1v) is 21.0. The van der Waals surface area contributed by atoms with Crippen molar-refractivity contribution in [2.24, 2.45) is 0 Å². The van der Waals surface area contributed by atoms with Crippen LogP contribution in [0.3, 0.4) is 0 Å². The second-order valence-electron chi connectivity index (χ2n) is 12.7. The van der Waals surface area contributed by atoms with Crippen LogP contribution in [0, 0.1) is 0 Å². The second-order valence-corrected chi connectivity index (χ2v) is 20.9. The third-order valence-corrected chi connectivity index (χ3v) is 15.7. The summed E-state index contributed by atoms with van der Waals surface area (Å²) in [5, 5.41) is 18.9. The van der Waals surface area contributed by atoms with E-state index in [4.69, 9.17) is 55.4 Å². The Kier molecular flexibility index (Phi) is 15.3. The van der Waals surface area contributed by atoms with Crippen molar-refractivity contribution in [2.75, 3.05) is 0 Å². The fourth-order valence-corrected chi connectivity index (χ4v) is 8.78. The highest BCUT2D eigenvalue weighted by Crippen LogP contribution is 2.41. The number of aliphatic hydroxyl groups excluding tert-OH is 1. The normalized spacial score (nSPS) is 12.1. The van der Waals surface area contributed by atoms with Crippen molar-refractivity contribution >= 4 is 76.0 Å². The van der Waals surface area contributed by atoms with Gasteiger partial charge in [0.2, 0.25) is 8.32 Å². The number of aliphatic hydroxyl groups is 1. The van der Waals surface area contributed by atoms with Gasteiger partial charge in [-0.15, -0.1) is 0 Å². The van der Waals surface area contributed by atoms with Crippen molar-refractivity contribution in [1.29, 1.82) is 0 Å². The van der Waals surface area contributed by atoms with Gasteiger partial charge in [-0.25, -0.2) is 0 Å². The van der Waals surface area contributed by atoms with Gasteiger partial charge in [-0.3, -0.25) is 0 Å². The van der Waals surface area contributed by atoms with Crippen LogP contribution in [-0.4, -0.2) is 37.7 Å². The molecular formula is C34H39Cl4F3N2O6SSi. The van der Waals surface area contributed by atoms with E-state index >= 15 is 0 Å². The molecule has 0 aliphatic carbocycles.